The summed E-state index contributed by atoms with van der Waals surface area (Å²) in [4.78, 5) is 7.57. The first-order valence-electron chi connectivity index (χ1n) is 10.7. The Balaban J connectivity index is 1.53. The first kappa shape index (κ1) is 21.5. The van der Waals surface area contributed by atoms with Crippen molar-refractivity contribution in [3.05, 3.63) is 42.5 Å². The highest BCUT2D eigenvalue weighted by Gasteiger charge is 2.19. The van der Waals surface area contributed by atoms with Crippen LogP contribution in [0.4, 0.5) is 5.69 Å². The van der Waals surface area contributed by atoms with Crippen molar-refractivity contribution in [1.29, 1.82) is 0 Å². The van der Waals surface area contributed by atoms with Crippen LogP contribution in [0.15, 0.2) is 42.5 Å². The SMILES string of the molecule is CC(C)N(CCN1CCN(c2ccc(-c3ccc(O)c(O)c3)cc2)CC1)C(C)C. The molecule has 0 spiro atoms. The highest BCUT2D eigenvalue weighted by molar-refractivity contribution is 5.69. The van der Waals surface area contributed by atoms with Gasteiger partial charge < -0.3 is 15.1 Å². The molecule has 2 aromatic carbocycles. The molecule has 0 radical (unpaired) electrons. The van der Waals surface area contributed by atoms with Crippen LogP contribution in [0.25, 0.3) is 11.1 Å². The standard InChI is InChI=1S/C24H35N3O2/c1-18(2)27(19(3)4)16-13-25-11-14-26(15-12-25)22-8-5-20(6-9-22)21-7-10-23(28)24(29)17-21/h5-10,17-19,28-29H,11-16H2,1-4H3. The molecule has 0 atom stereocenters. The van der Waals surface area contributed by atoms with E-state index in [4.69, 9.17) is 0 Å². The number of phenols is 2. The van der Waals surface area contributed by atoms with E-state index in [-0.39, 0.29) is 11.5 Å². The van der Waals surface area contributed by atoms with E-state index in [0.717, 1.165) is 50.4 Å². The average Bonchev–Trinajstić information content (AvgIpc) is 2.70. The second-order valence-electron chi connectivity index (χ2n) is 8.50. The van der Waals surface area contributed by atoms with Gasteiger partial charge in [-0.1, -0.05) is 18.2 Å². The smallest absolute Gasteiger partial charge is 0.158 e. The zero-order valence-electron chi connectivity index (χ0n) is 18.2. The molecule has 158 valence electrons. The van der Waals surface area contributed by atoms with Crippen LogP contribution < -0.4 is 4.90 Å². The van der Waals surface area contributed by atoms with Gasteiger partial charge in [-0.05, 0) is 63.1 Å². The lowest BCUT2D eigenvalue weighted by atomic mass is 10.0. The molecule has 1 heterocycles. The molecule has 0 aromatic heterocycles. The number of nitrogens with zero attached hydrogens (tertiary/aromatic N) is 3. The van der Waals surface area contributed by atoms with Crippen LogP contribution in [0, 0.1) is 0 Å². The normalized spacial score (nSPS) is 15.6. The molecule has 0 amide bonds. The molecule has 1 aliphatic heterocycles. The van der Waals surface area contributed by atoms with E-state index >= 15 is 0 Å². The van der Waals surface area contributed by atoms with Gasteiger partial charge >= 0.3 is 0 Å². The number of rotatable bonds is 7. The van der Waals surface area contributed by atoms with E-state index in [1.165, 1.54) is 11.8 Å². The molecule has 1 aliphatic rings. The summed E-state index contributed by atoms with van der Waals surface area (Å²) in [6.07, 6.45) is 0. The summed E-state index contributed by atoms with van der Waals surface area (Å²) in [6.45, 7) is 15.7. The van der Waals surface area contributed by atoms with Gasteiger partial charge in [-0.3, -0.25) is 9.80 Å². The molecule has 2 N–H and O–H groups in total. The highest BCUT2D eigenvalue weighted by Crippen LogP contribution is 2.31. The Morgan fingerprint density at radius 2 is 1.38 bits per heavy atom. The number of piperazine rings is 1. The van der Waals surface area contributed by atoms with Crippen molar-refractivity contribution in [2.24, 2.45) is 0 Å². The van der Waals surface area contributed by atoms with Crippen LogP contribution in [0.3, 0.4) is 0 Å². The van der Waals surface area contributed by atoms with E-state index in [1.54, 1.807) is 6.07 Å². The first-order chi connectivity index (χ1) is 13.8. The van der Waals surface area contributed by atoms with E-state index in [9.17, 15) is 10.2 Å². The maximum atomic E-state index is 9.72. The average molecular weight is 398 g/mol. The predicted molar refractivity (Wildman–Crippen MR) is 121 cm³/mol. The molecular weight excluding hydrogens is 362 g/mol. The van der Waals surface area contributed by atoms with E-state index < -0.39 is 0 Å². The van der Waals surface area contributed by atoms with Crippen LogP contribution in [0.2, 0.25) is 0 Å². The maximum Gasteiger partial charge on any atom is 0.158 e. The van der Waals surface area contributed by atoms with Crippen molar-refractivity contribution in [2.75, 3.05) is 44.2 Å². The number of anilines is 1. The fourth-order valence-electron chi connectivity index (χ4n) is 4.17. The molecule has 5 heteroatoms. The lowest BCUT2D eigenvalue weighted by Gasteiger charge is -2.38. The third kappa shape index (κ3) is 5.43. The molecule has 3 rings (SSSR count). The lowest BCUT2D eigenvalue weighted by Crippen LogP contribution is -2.50. The largest absolute Gasteiger partial charge is 0.504 e. The van der Waals surface area contributed by atoms with Crippen molar-refractivity contribution in [1.82, 2.24) is 9.80 Å². The van der Waals surface area contributed by atoms with Gasteiger partial charge in [0, 0.05) is 57.0 Å². The highest BCUT2D eigenvalue weighted by atomic mass is 16.3. The van der Waals surface area contributed by atoms with Crippen molar-refractivity contribution < 1.29 is 10.2 Å². The second-order valence-corrected chi connectivity index (χ2v) is 8.50. The molecular formula is C24H35N3O2. The Morgan fingerprint density at radius 3 is 1.93 bits per heavy atom. The summed E-state index contributed by atoms with van der Waals surface area (Å²) in [6, 6.07) is 14.6. The number of phenolic OH excluding ortho intramolecular Hbond substituents is 2. The van der Waals surface area contributed by atoms with Gasteiger partial charge in [0.15, 0.2) is 11.5 Å². The molecule has 0 aliphatic carbocycles. The Kier molecular flexibility index (Phi) is 7.04. The number of hydrogen-bond acceptors (Lipinski definition) is 5. The fourth-order valence-corrected chi connectivity index (χ4v) is 4.17. The molecule has 1 fully saturated rings. The zero-order valence-corrected chi connectivity index (χ0v) is 18.2. The van der Waals surface area contributed by atoms with E-state index in [0.29, 0.717) is 12.1 Å². The van der Waals surface area contributed by atoms with Gasteiger partial charge in [-0.25, -0.2) is 0 Å². The van der Waals surface area contributed by atoms with Crippen molar-refractivity contribution >= 4 is 5.69 Å². The van der Waals surface area contributed by atoms with Gasteiger partial charge in [0.1, 0.15) is 0 Å². The van der Waals surface area contributed by atoms with Crippen molar-refractivity contribution in [3.8, 4) is 22.6 Å². The molecule has 5 nitrogen and oxygen atoms in total. The lowest BCUT2D eigenvalue weighted by molar-refractivity contribution is 0.140. The predicted octanol–water partition coefficient (Wildman–Crippen LogP) is 4.01. The molecule has 1 saturated heterocycles. The van der Waals surface area contributed by atoms with E-state index in [2.05, 4.69) is 66.7 Å². The quantitative estimate of drug-likeness (QED) is 0.692. The van der Waals surface area contributed by atoms with Crippen LogP contribution in [0.1, 0.15) is 27.7 Å². The Hall–Kier alpha value is -2.24. The minimum Gasteiger partial charge on any atom is -0.504 e. The maximum absolute atomic E-state index is 9.72. The van der Waals surface area contributed by atoms with Gasteiger partial charge in [0.25, 0.3) is 0 Å². The summed E-state index contributed by atoms with van der Waals surface area (Å²) in [5, 5.41) is 19.2. The third-order valence-corrected chi connectivity index (χ3v) is 5.91. The van der Waals surface area contributed by atoms with Gasteiger partial charge in [-0.2, -0.15) is 0 Å². The minimum atomic E-state index is -0.0897. The summed E-state index contributed by atoms with van der Waals surface area (Å²) >= 11 is 0. The van der Waals surface area contributed by atoms with Crippen LogP contribution >= 0.6 is 0 Å². The van der Waals surface area contributed by atoms with Crippen LogP contribution in [-0.2, 0) is 0 Å². The van der Waals surface area contributed by atoms with Gasteiger partial charge in [-0.15, -0.1) is 0 Å². The summed E-state index contributed by atoms with van der Waals surface area (Å²) < 4.78 is 0. The molecule has 0 saturated carbocycles. The Morgan fingerprint density at radius 1 is 0.793 bits per heavy atom. The van der Waals surface area contributed by atoms with Gasteiger partial charge in [0.05, 0.1) is 0 Å². The van der Waals surface area contributed by atoms with E-state index in [1.807, 2.05) is 6.07 Å². The molecule has 2 aromatic rings. The van der Waals surface area contributed by atoms with Crippen molar-refractivity contribution in [3.63, 3.8) is 0 Å². The number of hydrogen-bond donors (Lipinski definition) is 2. The fraction of sp³-hybridized carbons (Fsp3) is 0.500. The summed E-state index contributed by atoms with van der Waals surface area (Å²) in [7, 11) is 0. The molecule has 0 unspecified atom stereocenters. The zero-order chi connectivity index (χ0) is 21.0. The first-order valence-corrected chi connectivity index (χ1v) is 10.7. The molecule has 0 bridgehead atoms. The minimum absolute atomic E-state index is 0.0869. The number of aromatic hydroxyl groups is 2. The number of benzene rings is 2. The monoisotopic (exact) mass is 397 g/mol. The topological polar surface area (TPSA) is 50.2 Å². The Bertz CT molecular complexity index is 773. The van der Waals surface area contributed by atoms with Crippen LogP contribution in [0.5, 0.6) is 11.5 Å². The molecule has 29 heavy (non-hydrogen) atoms. The van der Waals surface area contributed by atoms with Crippen LogP contribution in [-0.4, -0.2) is 71.4 Å². The Labute approximate surface area is 175 Å². The summed E-state index contributed by atoms with van der Waals surface area (Å²) in [5.74, 6) is -0.177. The summed E-state index contributed by atoms with van der Waals surface area (Å²) in [5.41, 5.74) is 3.17. The van der Waals surface area contributed by atoms with Gasteiger partial charge in [0.2, 0.25) is 0 Å². The third-order valence-electron chi connectivity index (χ3n) is 5.91. The van der Waals surface area contributed by atoms with Crippen molar-refractivity contribution in [2.45, 2.75) is 39.8 Å². The second kappa shape index (κ2) is 9.51.